The first-order chi connectivity index (χ1) is 12.0. The van der Waals surface area contributed by atoms with E-state index < -0.39 is 12.6 Å². The number of hydrogen-bond acceptors (Lipinski definition) is 3. The fourth-order valence-corrected chi connectivity index (χ4v) is 3.14. The van der Waals surface area contributed by atoms with Crippen molar-refractivity contribution in [3.63, 3.8) is 0 Å². The zero-order chi connectivity index (χ0) is 18.0. The molecule has 0 saturated heterocycles. The average Bonchev–Trinajstić information content (AvgIpc) is 3.08. The lowest BCUT2D eigenvalue weighted by atomic mass is 9.99. The maximum atomic E-state index is 12.9. The Morgan fingerprint density at radius 3 is 2.76 bits per heavy atom. The van der Waals surface area contributed by atoms with Crippen LogP contribution in [0.3, 0.4) is 0 Å². The van der Waals surface area contributed by atoms with E-state index in [-0.39, 0.29) is 18.3 Å². The van der Waals surface area contributed by atoms with Gasteiger partial charge in [-0.05, 0) is 31.5 Å². The smallest absolute Gasteiger partial charge is 0.319 e. The van der Waals surface area contributed by atoms with Gasteiger partial charge in [0.25, 0.3) is 0 Å². The molecule has 3 rings (SSSR count). The summed E-state index contributed by atoms with van der Waals surface area (Å²) in [6.07, 6.45) is 3.44. The van der Waals surface area contributed by atoms with Crippen molar-refractivity contribution in [2.24, 2.45) is 0 Å². The molecule has 1 aromatic carbocycles. The second-order valence-corrected chi connectivity index (χ2v) is 6.40. The minimum absolute atomic E-state index is 0.00663. The molecule has 1 aliphatic rings. The van der Waals surface area contributed by atoms with Crippen molar-refractivity contribution in [1.29, 1.82) is 0 Å². The number of hydrogen-bond donors (Lipinski definition) is 0. The van der Waals surface area contributed by atoms with Crippen molar-refractivity contribution in [1.82, 2.24) is 19.4 Å². The van der Waals surface area contributed by atoms with Gasteiger partial charge in [-0.1, -0.05) is 24.3 Å². The van der Waals surface area contributed by atoms with Crippen LogP contribution in [0.2, 0.25) is 0 Å². The topological polar surface area (TPSA) is 41.4 Å². The molecule has 0 fully saturated rings. The number of carbonyl (C=O) groups is 1. The Bertz CT molecular complexity index is 746. The summed E-state index contributed by atoms with van der Waals surface area (Å²) in [6, 6.07) is 7.72. The molecule has 1 amide bonds. The summed E-state index contributed by atoms with van der Waals surface area (Å²) in [5.74, 6) is 0.258. The molecular weight excluding hydrogens is 326 g/mol. The fraction of sp³-hybridized carbons (Fsp3) is 0.444. The number of benzene rings is 1. The average molecular weight is 348 g/mol. The van der Waals surface area contributed by atoms with Crippen molar-refractivity contribution in [2.45, 2.75) is 39.0 Å². The van der Waals surface area contributed by atoms with Crippen LogP contribution in [0.4, 0.5) is 8.78 Å². The zero-order valence-corrected chi connectivity index (χ0v) is 14.4. The van der Waals surface area contributed by atoms with Gasteiger partial charge < -0.3 is 4.90 Å². The number of nitrogens with zero attached hydrogens (tertiary/aromatic N) is 4. The highest BCUT2D eigenvalue weighted by molar-refractivity contribution is 5.81. The number of likely N-dealkylation sites (N-methyl/N-ethyl adjacent to an activating group) is 1. The number of amides is 1. The van der Waals surface area contributed by atoms with Crippen molar-refractivity contribution in [2.75, 3.05) is 13.6 Å². The van der Waals surface area contributed by atoms with Gasteiger partial charge in [0.2, 0.25) is 5.91 Å². The lowest BCUT2D eigenvalue weighted by Gasteiger charge is -2.33. The summed E-state index contributed by atoms with van der Waals surface area (Å²) in [5.41, 5.74) is 2.46. The highest BCUT2D eigenvalue weighted by Crippen LogP contribution is 2.20. The molecule has 0 bridgehead atoms. The molecule has 1 aliphatic heterocycles. The molecule has 0 aliphatic carbocycles. The van der Waals surface area contributed by atoms with E-state index in [9.17, 15) is 13.6 Å². The Kier molecular flexibility index (Phi) is 5.13. The van der Waals surface area contributed by atoms with Gasteiger partial charge in [0, 0.05) is 25.5 Å². The number of carbonyl (C=O) groups excluding carboxylic acids is 1. The van der Waals surface area contributed by atoms with E-state index in [2.05, 4.69) is 11.1 Å². The minimum atomic E-state index is -2.63. The van der Waals surface area contributed by atoms with Crippen molar-refractivity contribution in [3.8, 4) is 0 Å². The molecule has 25 heavy (non-hydrogen) atoms. The lowest BCUT2D eigenvalue weighted by Crippen LogP contribution is -2.47. The summed E-state index contributed by atoms with van der Waals surface area (Å²) >= 11 is 0. The van der Waals surface area contributed by atoms with Crippen LogP contribution in [-0.2, 0) is 24.3 Å². The van der Waals surface area contributed by atoms with Gasteiger partial charge in [-0.2, -0.15) is 8.78 Å². The van der Waals surface area contributed by atoms with Gasteiger partial charge in [0.1, 0.15) is 5.82 Å². The van der Waals surface area contributed by atoms with Crippen LogP contribution in [0.5, 0.6) is 0 Å². The summed E-state index contributed by atoms with van der Waals surface area (Å²) in [5, 5.41) is 0. The second-order valence-electron chi connectivity index (χ2n) is 6.40. The first-order valence-electron chi connectivity index (χ1n) is 8.33. The molecule has 0 unspecified atom stereocenters. The first-order valence-corrected chi connectivity index (χ1v) is 8.33. The van der Waals surface area contributed by atoms with E-state index >= 15 is 0 Å². The third-order valence-corrected chi connectivity index (χ3v) is 4.81. The molecule has 134 valence electrons. The van der Waals surface area contributed by atoms with Gasteiger partial charge in [0.05, 0.1) is 12.6 Å². The Hall–Kier alpha value is -2.28. The third kappa shape index (κ3) is 3.71. The maximum absolute atomic E-state index is 12.9. The monoisotopic (exact) mass is 348 g/mol. The molecule has 0 spiro atoms. The fourth-order valence-electron chi connectivity index (χ4n) is 3.14. The minimum Gasteiger partial charge on any atom is -0.337 e. The van der Waals surface area contributed by atoms with Crippen molar-refractivity contribution in [3.05, 3.63) is 53.6 Å². The molecule has 0 N–H and O–H groups in total. The predicted molar refractivity (Wildman–Crippen MR) is 90.0 cm³/mol. The van der Waals surface area contributed by atoms with Crippen LogP contribution < -0.4 is 0 Å². The maximum Gasteiger partial charge on any atom is 0.319 e. The summed E-state index contributed by atoms with van der Waals surface area (Å²) in [7, 11) is 1.75. The summed E-state index contributed by atoms with van der Waals surface area (Å²) in [6.45, 7) is 0.640. The standard InChI is InChI=1S/C18H22F2N4O/c1-13(22(2)12-16-21-8-10-24(16)18(19)20)17(25)23-9-7-14-5-3-4-6-15(14)11-23/h3-6,8,10,13,18H,7,9,11-12H2,1-2H3/t13-/m1/s1. The lowest BCUT2D eigenvalue weighted by molar-refractivity contribution is -0.137. The number of fused-ring (bicyclic) bond motifs is 1. The van der Waals surface area contributed by atoms with Crippen LogP contribution >= 0.6 is 0 Å². The van der Waals surface area contributed by atoms with E-state index in [0.29, 0.717) is 13.1 Å². The second kappa shape index (κ2) is 7.31. The van der Waals surface area contributed by atoms with Crippen LogP contribution in [0.1, 0.15) is 30.4 Å². The Labute approximate surface area is 145 Å². The van der Waals surface area contributed by atoms with Crippen LogP contribution in [0.25, 0.3) is 0 Å². The Morgan fingerprint density at radius 1 is 1.32 bits per heavy atom. The molecule has 0 radical (unpaired) electrons. The highest BCUT2D eigenvalue weighted by Gasteiger charge is 2.27. The Morgan fingerprint density at radius 2 is 2.04 bits per heavy atom. The van der Waals surface area contributed by atoms with Crippen molar-refractivity contribution < 1.29 is 13.6 Å². The molecule has 2 aromatic rings. The molecule has 1 aromatic heterocycles. The molecule has 0 saturated carbocycles. The van der Waals surface area contributed by atoms with E-state index in [1.54, 1.807) is 18.9 Å². The van der Waals surface area contributed by atoms with E-state index in [1.165, 1.54) is 23.5 Å². The first kappa shape index (κ1) is 17.5. The molecule has 1 atom stereocenters. The van der Waals surface area contributed by atoms with Gasteiger partial charge in [-0.3, -0.25) is 14.3 Å². The largest absolute Gasteiger partial charge is 0.337 e. The molecule has 5 nitrogen and oxygen atoms in total. The number of aromatic nitrogens is 2. The van der Waals surface area contributed by atoms with Gasteiger partial charge in [0.15, 0.2) is 0 Å². The van der Waals surface area contributed by atoms with E-state index in [4.69, 9.17) is 0 Å². The number of imidazole rings is 1. The van der Waals surface area contributed by atoms with Crippen LogP contribution in [0.15, 0.2) is 36.7 Å². The quantitative estimate of drug-likeness (QED) is 0.834. The SMILES string of the molecule is C[C@H](C(=O)N1CCc2ccccc2C1)N(C)Cc1nccn1C(F)F. The zero-order valence-electron chi connectivity index (χ0n) is 14.4. The Balaban J connectivity index is 1.65. The summed E-state index contributed by atoms with van der Waals surface area (Å²) < 4.78 is 26.7. The molecule has 7 heteroatoms. The molecule has 2 heterocycles. The molecular formula is C18H22F2N4O. The predicted octanol–water partition coefficient (Wildman–Crippen LogP) is 2.68. The van der Waals surface area contributed by atoms with Crippen LogP contribution in [0, 0.1) is 0 Å². The van der Waals surface area contributed by atoms with E-state index in [0.717, 1.165) is 11.0 Å². The third-order valence-electron chi connectivity index (χ3n) is 4.81. The summed E-state index contributed by atoms with van der Waals surface area (Å²) in [4.78, 5) is 20.4. The van der Waals surface area contributed by atoms with E-state index in [1.807, 2.05) is 23.1 Å². The highest BCUT2D eigenvalue weighted by atomic mass is 19.3. The number of halogens is 2. The van der Waals surface area contributed by atoms with Crippen molar-refractivity contribution >= 4 is 5.91 Å². The van der Waals surface area contributed by atoms with Crippen LogP contribution in [-0.4, -0.2) is 44.9 Å². The number of alkyl halides is 2. The van der Waals surface area contributed by atoms with Gasteiger partial charge >= 0.3 is 6.55 Å². The number of rotatable bonds is 5. The van der Waals surface area contributed by atoms with Gasteiger partial charge in [-0.25, -0.2) is 4.98 Å². The normalized spacial score (nSPS) is 15.5. The van der Waals surface area contributed by atoms with Gasteiger partial charge in [-0.15, -0.1) is 0 Å².